The van der Waals surface area contributed by atoms with Crippen LogP contribution in [0.5, 0.6) is 0 Å². The monoisotopic (exact) mass is 341 g/mol. The van der Waals surface area contributed by atoms with E-state index in [2.05, 4.69) is 28.4 Å². The number of aromatic nitrogens is 2. The first-order valence-electron chi connectivity index (χ1n) is 8.62. The molecule has 0 aliphatic carbocycles. The number of aryl methyl sites for hydroxylation is 2. The van der Waals surface area contributed by atoms with Crippen LogP contribution in [0.3, 0.4) is 0 Å². The average molecular weight is 341 g/mol. The van der Waals surface area contributed by atoms with Gasteiger partial charge < -0.3 is 4.57 Å². The molecule has 5 heteroatoms. The third-order valence-electron chi connectivity index (χ3n) is 5.32. The van der Waals surface area contributed by atoms with E-state index in [0.29, 0.717) is 23.5 Å². The van der Waals surface area contributed by atoms with Gasteiger partial charge in [-0.05, 0) is 49.7 Å². The molecule has 1 aliphatic heterocycles. The van der Waals surface area contributed by atoms with Crippen molar-refractivity contribution in [3.05, 3.63) is 65.1 Å². The van der Waals surface area contributed by atoms with E-state index in [0.717, 1.165) is 42.3 Å². The third kappa shape index (κ3) is 2.82. The Morgan fingerprint density at radius 1 is 1.20 bits per heavy atom. The van der Waals surface area contributed by atoms with Gasteiger partial charge in [0.05, 0.1) is 5.52 Å². The zero-order chi connectivity index (χ0) is 17.6. The highest BCUT2D eigenvalue weighted by atomic mass is 19.1. The summed E-state index contributed by atoms with van der Waals surface area (Å²) >= 11 is 0. The van der Waals surface area contributed by atoms with Gasteiger partial charge in [-0.2, -0.15) is 0 Å². The van der Waals surface area contributed by atoms with Crippen molar-refractivity contribution in [3.63, 3.8) is 0 Å². The first-order chi connectivity index (χ1) is 12.0. The van der Waals surface area contributed by atoms with E-state index in [9.17, 15) is 8.78 Å². The van der Waals surface area contributed by atoms with Gasteiger partial charge in [-0.3, -0.25) is 9.88 Å². The van der Waals surface area contributed by atoms with Crippen molar-refractivity contribution in [1.29, 1.82) is 0 Å². The molecule has 1 unspecified atom stereocenters. The fourth-order valence-corrected chi connectivity index (χ4v) is 3.81. The van der Waals surface area contributed by atoms with Crippen LogP contribution in [0, 0.1) is 11.6 Å². The van der Waals surface area contributed by atoms with Gasteiger partial charge in [-0.15, -0.1) is 0 Å². The molecule has 1 atom stereocenters. The second-order valence-electron chi connectivity index (χ2n) is 6.93. The Kier molecular flexibility index (Phi) is 4.04. The highest BCUT2D eigenvalue weighted by Gasteiger charge is 2.28. The number of likely N-dealkylation sites (N-methyl/N-ethyl adjacent to an activating group) is 1. The van der Waals surface area contributed by atoms with Gasteiger partial charge in [0.2, 0.25) is 0 Å². The van der Waals surface area contributed by atoms with Crippen molar-refractivity contribution in [1.82, 2.24) is 14.5 Å². The molecule has 3 aromatic rings. The first-order valence-corrected chi connectivity index (χ1v) is 8.62. The lowest BCUT2D eigenvalue weighted by molar-refractivity contribution is 0.228. The summed E-state index contributed by atoms with van der Waals surface area (Å²) in [4.78, 5) is 6.27. The molecule has 2 aromatic heterocycles. The summed E-state index contributed by atoms with van der Waals surface area (Å²) in [5.74, 6) is -0.991. The number of nitrogens with zero attached hydrogens (tertiary/aromatic N) is 3. The van der Waals surface area contributed by atoms with Crippen molar-refractivity contribution in [2.45, 2.75) is 38.9 Å². The van der Waals surface area contributed by atoms with E-state index in [1.54, 1.807) is 12.4 Å². The molecule has 0 spiro atoms. The van der Waals surface area contributed by atoms with Crippen LogP contribution in [0.4, 0.5) is 8.78 Å². The fourth-order valence-electron chi connectivity index (χ4n) is 3.81. The minimum atomic E-state index is -0.514. The minimum Gasteiger partial charge on any atom is -0.341 e. The summed E-state index contributed by atoms with van der Waals surface area (Å²) in [6.45, 7) is 3.57. The van der Waals surface area contributed by atoms with Crippen LogP contribution in [0.2, 0.25) is 0 Å². The van der Waals surface area contributed by atoms with Crippen LogP contribution in [-0.2, 0) is 25.9 Å². The number of fused-ring (bicyclic) bond motifs is 3. The zero-order valence-electron chi connectivity index (χ0n) is 14.5. The SMILES string of the molecule is CC1Cc2c(c3cc(F)cc(F)c3n2CCc2ccncc2)CN1C. The van der Waals surface area contributed by atoms with E-state index < -0.39 is 11.6 Å². The maximum atomic E-state index is 14.6. The van der Waals surface area contributed by atoms with Crippen LogP contribution in [0.25, 0.3) is 10.9 Å². The molecule has 3 heterocycles. The second kappa shape index (κ2) is 6.23. The Morgan fingerprint density at radius 3 is 2.72 bits per heavy atom. The molecule has 130 valence electrons. The van der Waals surface area contributed by atoms with E-state index in [4.69, 9.17) is 0 Å². The lowest BCUT2D eigenvalue weighted by Crippen LogP contribution is -2.35. The van der Waals surface area contributed by atoms with E-state index >= 15 is 0 Å². The molecule has 0 saturated carbocycles. The van der Waals surface area contributed by atoms with Gasteiger partial charge in [0.15, 0.2) is 0 Å². The standard InChI is InChI=1S/C20H21F2N3/c1-13-9-19-17(12-24(13)2)16-10-15(21)11-18(22)20(16)25(19)8-5-14-3-6-23-7-4-14/h3-4,6-7,10-11,13H,5,8-9,12H2,1-2H3. The fraction of sp³-hybridized carbons (Fsp3) is 0.350. The highest BCUT2D eigenvalue weighted by molar-refractivity contribution is 5.86. The molecule has 4 rings (SSSR count). The lowest BCUT2D eigenvalue weighted by atomic mass is 10.00. The van der Waals surface area contributed by atoms with Gasteiger partial charge >= 0.3 is 0 Å². The van der Waals surface area contributed by atoms with Gasteiger partial charge in [0.1, 0.15) is 11.6 Å². The first kappa shape index (κ1) is 16.2. The molecule has 1 aromatic carbocycles. The predicted molar refractivity (Wildman–Crippen MR) is 94.4 cm³/mol. The molecule has 0 N–H and O–H groups in total. The average Bonchev–Trinajstić information content (AvgIpc) is 2.88. The number of benzene rings is 1. The van der Waals surface area contributed by atoms with Crippen LogP contribution in [0.1, 0.15) is 23.7 Å². The molecule has 25 heavy (non-hydrogen) atoms. The molecule has 1 aliphatic rings. The van der Waals surface area contributed by atoms with Crippen LogP contribution < -0.4 is 0 Å². The summed E-state index contributed by atoms with van der Waals surface area (Å²) in [5, 5.41) is 0.709. The number of rotatable bonds is 3. The Morgan fingerprint density at radius 2 is 1.96 bits per heavy atom. The molecule has 0 fully saturated rings. The number of hydrogen-bond donors (Lipinski definition) is 0. The summed E-state index contributed by atoms with van der Waals surface area (Å²) in [6.07, 6.45) is 5.18. The molecule has 0 saturated heterocycles. The maximum Gasteiger partial charge on any atom is 0.150 e. The normalized spacial score (nSPS) is 17.8. The smallest absolute Gasteiger partial charge is 0.150 e. The Bertz CT molecular complexity index is 918. The summed E-state index contributed by atoms with van der Waals surface area (Å²) in [6, 6.07) is 6.80. The van der Waals surface area contributed by atoms with Crippen molar-refractivity contribution in [3.8, 4) is 0 Å². The van der Waals surface area contributed by atoms with Gasteiger partial charge in [-0.1, -0.05) is 0 Å². The van der Waals surface area contributed by atoms with Crippen molar-refractivity contribution in [2.24, 2.45) is 0 Å². The summed E-state index contributed by atoms with van der Waals surface area (Å²) < 4.78 is 30.5. The largest absolute Gasteiger partial charge is 0.341 e. The minimum absolute atomic E-state index is 0.379. The molecular formula is C20H21F2N3. The molecule has 0 radical (unpaired) electrons. The molecular weight excluding hydrogens is 320 g/mol. The van der Waals surface area contributed by atoms with Gasteiger partial charge in [0.25, 0.3) is 0 Å². The molecule has 0 bridgehead atoms. The van der Waals surface area contributed by atoms with Crippen molar-refractivity contribution >= 4 is 10.9 Å². The zero-order valence-corrected chi connectivity index (χ0v) is 14.5. The summed E-state index contributed by atoms with van der Waals surface area (Å²) in [7, 11) is 2.06. The predicted octanol–water partition coefficient (Wildman–Crippen LogP) is 3.93. The Labute approximate surface area is 145 Å². The molecule has 3 nitrogen and oxygen atoms in total. The topological polar surface area (TPSA) is 21.1 Å². The maximum absolute atomic E-state index is 14.6. The van der Waals surface area contributed by atoms with Crippen LogP contribution in [-0.4, -0.2) is 27.5 Å². The Balaban J connectivity index is 1.83. The van der Waals surface area contributed by atoms with Gasteiger partial charge in [-0.25, -0.2) is 8.78 Å². The van der Waals surface area contributed by atoms with Crippen molar-refractivity contribution < 1.29 is 8.78 Å². The Hall–Kier alpha value is -2.27. The number of halogens is 2. The molecule has 0 amide bonds. The van der Waals surface area contributed by atoms with E-state index in [1.807, 2.05) is 12.1 Å². The number of hydrogen-bond acceptors (Lipinski definition) is 2. The second-order valence-corrected chi connectivity index (χ2v) is 6.93. The van der Waals surface area contributed by atoms with E-state index in [1.165, 1.54) is 6.07 Å². The quantitative estimate of drug-likeness (QED) is 0.720. The van der Waals surface area contributed by atoms with Crippen molar-refractivity contribution in [2.75, 3.05) is 7.05 Å². The highest BCUT2D eigenvalue weighted by Crippen LogP contribution is 2.34. The van der Waals surface area contributed by atoms with E-state index in [-0.39, 0.29) is 0 Å². The van der Waals surface area contributed by atoms with Crippen LogP contribution in [0.15, 0.2) is 36.7 Å². The van der Waals surface area contributed by atoms with Crippen LogP contribution >= 0.6 is 0 Å². The van der Waals surface area contributed by atoms with Gasteiger partial charge in [0, 0.05) is 55.1 Å². The number of pyridine rings is 1. The lowest BCUT2D eigenvalue weighted by Gasteiger charge is -2.31. The third-order valence-corrected chi connectivity index (χ3v) is 5.32. The summed E-state index contributed by atoms with van der Waals surface area (Å²) in [5.41, 5.74) is 3.89.